The van der Waals surface area contributed by atoms with E-state index in [1.807, 2.05) is 5.51 Å². The SMILES string of the molecule is CCCC(C)CNCc1cscn1. The first kappa shape index (κ1) is 10.7. The number of thiazole rings is 1. The van der Waals surface area contributed by atoms with Crippen LogP contribution < -0.4 is 5.32 Å². The molecule has 74 valence electrons. The summed E-state index contributed by atoms with van der Waals surface area (Å²) in [4.78, 5) is 4.22. The molecule has 0 amide bonds. The van der Waals surface area contributed by atoms with E-state index in [1.165, 1.54) is 12.8 Å². The van der Waals surface area contributed by atoms with Crippen molar-refractivity contribution in [2.45, 2.75) is 33.2 Å². The van der Waals surface area contributed by atoms with Crippen LogP contribution >= 0.6 is 11.3 Å². The standard InChI is InChI=1S/C10H18N2S/c1-3-4-9(2)5-11-6-10-7-13-8-12-10/h7-9,11H,3-6H2,1-2H3. The van der Waals surface area contributed by atoms with E-state index in [0.717, 1.165) is 24.7 Å². The molecule has 0 saturated carbocycles. The summed E-state index contributed by atoms with van der Waals surface area (Å²) in [6, 6.07) is 0. The molecule has 0 aliphatic heterocycles. The number of nitrogens with zero attached hydrogens (tertiary/aromatic N) is 1. The maximum Gasteiger partial charge on any atom is 0.0795 e. The van der Waals surface area contributed by atoms with Gasteiger partial charge >= 0.3 is 0 Å². The lowest BCUT2D eigenvalue weighted by Gasteiger charge is -2.09. The van der Waals surface area contributed by atoms with Gasteiger partial charge in [-0.15, -0.1) is 11.3 Å². The molecule has 0 aliphatic carbocycles. The molecule has 1 unspecified atom stereocenters. The van der Waals surface area contributed by atoms with E-state index in [1.54, 1.807) is 11.3 Å². The zero-order chi connectivity index (χ0) is 9.52. The summed E-state index contributed by atoms with van der Waals surface area (Å²) in [5.74, 6) is 0.781. The lowest BCUT2D eigenvalue weighted by Crippen LogP contribution is -2.20. The molecule has 1 heterocycles. The van der Waals surface area contributed by atoms with Crippen LogP contribution in [0.3, 0.4) is 0 Å². The van der Waals surface area contributed by atoms with E-state index in [0.29, 0.717) is 0 Å². The highest BCUT2D eigenvalue weighted by Crippen LogP contribution is 2.04. The molecular formula is C10H18N2S. The highest BCUT2D eigenvalue weighted by Gasteiger charge is 2.00. The quantitative estimate of drug-likeness (QED) is 0.760. The smallest absolute Gasteiger partial charge is 0.0795 e. The highest BCUT2D eigenvalue weighted by atomic mass is 32.1. The van der Waals surface area contributed by atoms with Gasteiger partial charge in [-0.2, -0.15) is 0 Å². The van der Waals surface area contributed by atoms with Crippen molar-refractivity contribution in [2.24, 2.45) is 5.92 Å². The molecule has 0 fully saturated rings. The van der Waals surface area contributed by atoms with Crippen LogP contribution in [-0.2, 0) is 6.54 Å². The van der Waals surface area contributed by atoms with Gasteiger partial charge in [0.1, 0.15) is 0 Å². The second kappa shape index (κ2) is 6.11. The van der Waals surface area contributed by atoms with E-state index in [4.69, 9.17) is 0 Å². The van der Waals surface area contributed by atoms with Crippen LogP contribution in [0.2, 0.25) is 0 Å². The van der Waals surface area contributed by atoms with E-state index in [-0.39, 0.29) is 0 Å². The minimum Gasteiger partial charge on any atom is -0.311 e. The van der Waals surface area contributed by atoms with Crippen LogP contribution in [0.4, 0.5) is 0 Å². The zero-order valence-electron chi connectivity index (χ0n) is 8.42. The third kappa shape index (κ3) is 4.39. The molecule has 1 atom stereocenters. The minimum atomic E-state index is 0.781. The minimum absolute atomic E-state index is 0.781. The molecule has 1 N–H and O–H groups in total. The van der Waals surface area contributed by atoms with Gasteiger partial charge in [-0.25, -0.2) is 4.98 Å². The molecular weight excluding hydrogens is 180 g/mol. The number of hydrogen-bond donors (Lipinski definition) is 1. The lowest BCUT2D eigenvalue weighted by molar-refractivity contribution is 0.474. The molecule has 13 heavy (non-hydrogen) atoms. The average Bonchev–Trinajstić information content (AvgIpc) is 2.57. The van der Waals surface area contributed by atoms with Crippen LogP contribution in [-0.4, -0.2) is 11.5 Å². The summed E-state index contributed by atoms with van der Waals surface area (Å²) < 4.78 is 0. The second-order valence-corrected chi connectivity index (χ2v) is 4.22. The Morgan fingerprint density at radius 1 is 1.62 bits per heavy atom. The average molecular weight is 198 g/mol. The molecule has 1 rings (SSSR count). The Bertz CT molecular complexity index is 209. The lowest BCUT2D eigenvalue weighted by atomic mass is 10.1. The van der Waals surface area contributed by atoms with Crippen molar-refractivity contribution in [2.75, 3.05) is 6.54 Å². The monoisotopic (exact) mass is 198 g/mol. The fourth-order valence-electron chi connectivity index (χ4n) is 1.37. The Kier molecular flexibility index (Phi) is 5.01. The molecule has 1 aromatic rings. The van der Waals surface area contributed by atoms with Gasteiger partial charge < -0.3 is 5.32 Å². The first-order valence-corrected chi connectivity index (χ1v) is 5.85. The summed E-state index contributed by atoms with van der Waals surface area (Å²) in [6.45, 7) is 6.54. The van der Waals surface area contributed by atoms with Gasteiger partial charge in [0, 0.05) is 11.9 Å². The summed E-state index contributed by atoms with van der Waals surface area (Å²) >= 11 is 1.66. The molecule has 0 spiro atoms. The Morgan fingerprint density at radius 2 is 2.46 bits per heavy atom. The number of aromatic nitrogens is 1. The number of nitrogens with one attached hydrogen (secondary N) is 1. The normalized spacial score (nSPS) is 13.1. The van der Waals surface area contributed by atoms with E-state index < -0.39 is 0 Å². The topological polar surface area (TPSA) is 24.9 Å². The van der Waals surface area contributed by atoms with Gasteiger partial charge in [0.05, 0.1) is 11.2 Å². The van der Waals surface area contributed by atoms with Crippen LogP contribution in [0.15, 0.2) is 10.9 Å². The predicted molar refractivity (Wildman–Crippen MR) is 57.9 cm³/mol. The molecule has 0 radical (unpaired) electrons. The molecule has 0 aliphatic rings. The highest BCUT2D eigenvalue weighted by molar-refractivity contribution is 7.07. The molecule has 0 saturated heterocycles. The zero-order valence-corrected chi connectivity index (χ0v) is 9.23. The maximum atomic E-state index is 4.22. The second-order valence-electron chi connectivity index (χ2n) is 3.50. The van der Waals surface area contributed by atoms with Crippen molar-refractivity contribution < 1.29 is 0 Å². The Balaban J connectivity index is 2.07. The van der Waals surface area contributed by atoms with Gasteiger partial charge in [0.15, 0.2) is 0 Å². The molecule has 1 aromatic heterocycles. The molecule has 0 aromatic carbocycles. The van der Waals surface area contributed by atoms with Crippen molar-refractivity contribution in [3.8, 4) is 0 Å². The van der Waals surface area contributed by atoms with Crippen molar-refractivity contribution in [3.63, 3.8) is 0 Å². The fourth-order valence-corrected chi connectivity index (χ4v) is 1.92. The molecule has 0 bridgehead atoms. The van der Waals surface area contributed by atoms with Crippen LogP contribution in [0.1, 0.15) is 32.4 Å². The van der Waals surface area contributed by atoms with Gasteiger partial charge in [-0.05, 0) is 18.9 Å². The van der Waals surface area contributed by atoms with Gasteiger partial charge in [-0.3, -0.25) is 0 Å². The summed E-state index contributed by atoms with van der Waals surface area (Å²) in [5.41, 5.74) is 3.04. The van der Waals surface area contributed by atoms with Crippen molar-refractivity contribution in [1.29, 1.82) is 0 Å². The Hall–Kier alpha value is -0.410. The van der Waals surface area contributed by atoms with Crippen molar-refractivity contribution >= 4 is 11.3 Å². The molecule has 2 nitrogen and oxygen atoms in total. The number of hydrogen-bond acceptors (Lipinski definition) is 3. The van der Waals surface area contributed by atoms with E-state index in [9.17, 15) is 0 Å². The fraction of sp³-hybridized carbons (Fsp3) is 0.700. The van der Waals surface area contributed by atoms with Crippen molar-refractivity contribution in [1.82, 2.24) is 10.3 Å². The number of rotatable bonds is 6. The van der Waals surface area contributed by atoms with Crippen LogP contribution in [0.25, 0.3) is 0 Å². The summed E-state index contributed by atoms with van der Waals surface area (Å²) in [7, 11) is 0. The third-order valence-corrected chi connectivity index (χ3v) is 2.70. The van der Waals surface area contributed by atoms with Crippen LogP contribution in [0, 0.1) is 5.92 Å². The largest absolute Gasteiger partial charge is 0.311 e. The summed E-state index contributed by atoms with van der Waals surface area (Å²) in [5, 5.41) is 5.51. The first-order valence-electron chi connectivity index (χ1n) is 4.90. The van der Waals surface area contributed by atoms with E-state index in [2.05, 4.69) is 29.5 Å². The third-order valence-electron chi connectivity index (χ3n) is 2.06. The van der Waals surface area contributed by atoms with Gasteiger partial charge in [0.2, 0.25) is 0 Å². The predicted octanol–water partition coefficient (Wildman–Crippen LogP) is 2.67. The Morgan fingerprint density at radius 3 is 3.08 bits per heavy atom. The van der Waals surface area contributed by atoms with Crippen LogP contribution in [0.5, 0.6) is 0 Å². The molecule has 3 heteroatoms. The van der Waals surface area contributed by atoms with E-state index >= 15 is 0 Å². The van der Waals surface area contributed by atoms with Crippen molar-refractivity contribution in [3.05, 3.63) is 16.6 Å². The first-order chi connectivity index (χ1) is 6.33. The Labute approximate surface area is 84.4 Å². The maximum absolute atomic E-state index is 4.22. The van der Waals surface area contributed by atoms with Gasteiger partial charge in [-0.1, -0.05) is 20.3 Å². The van der Waals surface area contributed by atoms with Gasteiger partial charge in [0.25, 0.3) is 0 Å². The summed E-state index contributed by atoms with van der Waals surface area (Å²) in [6.07, 6.45) is 2.59.